The first-order valence-electron chi connectivity index (χ1n) is 14.3. The number of hydrogen-bond acceptors (Lipinski definition) is 4. The van der Waals surface area contributed by atoms with Crippen molar-refractivity contribution in [1.29, 1.82) is 0 Å². The predicted molar refractivity (Wildman–Crippen MR) is 164 cm³/mol. The Labute approximate surface area is 238 Å². The molecule has 40 heavy (non-hydrogen) atoms. The number of rotatable bonds is 7. The Balaban J connectivity index is 1.38. The van der Waals surface area contributed by atoms with Crippen LogP contribution in [0, 0.1) is 12.3 Å². The van der Waals surface area contributed by atoms with Gasteiger partial charge in [0.15, 0.2) is 0 Å². The van der Waals surface area contributed by atoms with Gasteiger partial charge in [-0.3, -0.25) is 10.1 Å². The fraction of sp³-hybridized carbons (Fsp3) is 0.469. The molecule has 1 fully saturated rings. The maximum Gasteiger partial charge on any atom is 0.324 e. The third-order valence-corrected chi connectivity index (χ3v) is 7.51. The maximum atomic E-state index is 13.0. The fourth-order valence-corrected chi connectivity index (χ4v) is 5.08. The van der Waals surface area contributed by atoms with Crippen LogP contribution in [0.25, 0.3) is 5.69 Å². The van der Waals surface area contributed by atoms with E-state index in [1.807, 2.05) is 80.3 Å². The minimum Gasteiger partial charge on any atom is -0.368 e. The molecule has 3 amide bonds. The summed E-state index contributed by atoms with van der Waals surface area (Å²) in [6.45, 7) is 17.6. The number of nitrogens with one attached hydrogen (secondary N) is 2. The molecule has 214 valence electrons. The molecule has 0 radical (unpaired) electrons. The van der Waals surface area contributed by atoms with Crippen molar-refractivity contribution in [2.75, 3.05) is 41.7 Å². The molecule has 0 spiro atoms. The molecule has 2 heterocycles. The van der Waals surface area contributed by atoms with E-state index in [0.29, 0.717) is 11.5 Å². The minimum atomic E-state index is -0.330. The Morgan fingerprint density at radius 3 is 2.02 bits per heavy atom. The van der Waals surface area contributed by atoms with Crippen molar-refractivity contribution in [2.24, 2.45) is 5.41 Å². The smallest absolute Gasteiger partial charge is 0.324 e. The number of aryl methyl sites for hydroxylation is 1. The zero-order valence-corrected chi connectivity index (χ0v) is 25.0. The number of aromatic nitrogens is 2. The van der Waals surface area contributed by atoms with Crippen LogP contribution in [0.1, 0.15) is 65.6 Å². The van der Waals surface area contributed by atoms with Gasteiger partial charge in [-0.2, -0.15) is 5.10 Å². The molecule has 4 rings (SSSR count). The van der Waals surface area contributed by atoms with Gasteiger partial charge in [0.05, 0.1) is 11.4 Å². The fourth-order valence-electron chi connectivity index (χ4n) is 5.08. The lowest BCUT2D eigenvalue weighted by atomic mass is 9.86. The lowest BCUT2D eigenvalue weighted by Gasteiger charge is -2.39. The first-order valence-corrected chi connectivity index (χ1v) is 14.3. The van der Waals surface area contributed by atoms with Crippen LogP contribution in [-0.4, -0.2) is 52.8 Å². The molecule has 1 aliphatic heterocycles. The van der Waals surface area contributed by atoms with Crippen molar-refractivity contribution in [3.63, 3.8) is 0 Å². The van der Waals surface area contributed by atoms with E-state index in [1.165, 1.54) is 0 Å². The highest BCUT2D eigenvalue weighted by Gasteiger charge is 2.32. The number of benzene rings is 2. The lowest BCUT2D eigenvalue weighted by Crippen LogP contribution is -2.52. The number of amides is 3. The van der Waals surface area contributed by atoms with Gasteiger partial charge in [-0.25, -0.2) is 9.48 Å². The summed E-state index contributed by atoms with van der Waals surface area (Å²) >= 11 is 0. The Hall–Kier alpha value is -3.81. The van der Waals surface area contributed by atoms with Gasteiger partial charge in [0, 0.05) is 54.5 Å². The molecular weight excluding hydrogens is 500 g/mol. The van der Waals surface area contributed by atoms with Crippen molar-refractivity contribution >= 4 is 29.1 Å². The zero-order valence-electron chi connectivity index (χ0n) is 25.0. The molecule has 0 bridgehead atoms. The summed E-state index contributed by atoms with van der Waals surface area (Å²) in [5, 5.41) is 10.7. The second kappa shape index (κ2) is 11.7. The molecule has 1 saturated heterocycles. The number of anilines is 3. The standard InChI is InChI=1S/C32H44N6O2/c1-8-17-32(6,7)29(39)37-20-18-36(19-21-37)25-15-11-24(12-16-25)33-30(40)34-28-22-27(31(3,4)5)35-38(28)26-13-9-23(2)10-14-26/h9-16,22H,8,17-21H2,1-7H3,(H2,33,34,40). The summed E-state index contributed by atoms with van der Waals surface area (Å²) in [4.78, 5) is 30.2. The predicted octanol–water partition coefficient (Wildman–Crippen LogP) is 6.60. The molecule has 1 aromatic heterocycles. The number of piperazine rings is 1. The lowest BCUT2D eigenvalue weighted by molar-refractivity contribution is -0.141. The summed E-state index contributed by atoms with van der Waals surface area (Å²) in [6, 6.07) is 17.5. The van der Waals surface area contributed by atoms with E-state index in [1.54, 1.807) is 4.68 Å². The molecule has 1 aliphatic rings. The summed E-state index contributed by atoms with van der Waals surface area (Å²) in [6.07, 6.45) is 1.91. The molecule has 8 heteroatoms. The number of urea groups is 1. The van der Waals surface area contributed by atoms with Gasteiger partial charge >= 0.3 is 6.03 Å². The van der Waals surface area contributed by atoms with E-state index < -0.39 is 0 Å². The maximum absolute atomic E-state index is 13.0. The van der Waals surface area contributed by atoms with Crippen molar-refractivity contribution in [3.05, 3.63) is 65.9 Å². The second-order valence-electron chi connectivity index (χ2n) is 12.5. The van der Waals surface area contributed by atoms with Gasteiger partial charge in [-0.15, -0.1) is 0 Å². The van der Waals surface area contributed by atoms with Crippen LogP contribution in [0.4, 0.5) is 22.0 Å². The molecular formula is C32H44N6O2. The monoisotopic (exact) mass is 544 g/mol. The van der Waals surface area contributed by atoms with E-state index >= 15 is 0 Å². The van der Waals surface area contributed by atoms with Crippen molar-refractivity contribution in [3.8, 4) is 5.69 Å². The van der Waals surface area contributed by atoms with Crippen molar-refractivity contribution in [1.82, 2.24) is 14.7 Å². The molecule has 2 N–H and O–H groups in total. The van der Waals surface area contributed by atoms with Crippen LogP contribution in [-0.2, 0) is 10.2 Å². The molecule has 2 aromatic carbocycles. The molecule has 3 aromatic rings. The Morgan fingerprint density at radius 1 is 0.850 bits per heavy atom. The van der Waals surface area contributed by atoms with E-state index in [-0.39, 0.29) is 22.8 Å². The summed E-state index contributed by atoms with van der Waals surface area (Å²) < 4.78 is 1.77. The van der Waals surface area contributed by atoms with E-state index in [2.05, 4.69) is 43.2 Å². The Morgan fingerprint density at radius 2 is 1.45 bits per heavy atom. The SMILES string of the molecule is CCCC(C)(C)C(=O)N1CCN(c2ccc(NC(=O)Nc3cc(C(C)(C)C)nn3-c3ccc(C)cc3)cc2)CC1. The highest BCUT2D eigenvalue weighted by atomic mass is 16.2. The van der Waals surface area contributed by atoms with Gasteiger partial charge < -0.3 is 15.1 Å². The zero-order chi connectivity index (χ0) is 29.1. The van der Waals surface area contributed by atoms with E-state index in [9.17, 15) is 9.59 Å². The first kappa shape index (κ1) is 29.2. The number of hydrogen-bond donors (Lipinski definition) is 2. The van der Waals surface area contributed by atoms with Crippen LogP contribution in [0.2, 0.25) is 0 Å². The number of nitrogens with zero attached hydrogens (tertiary/aromatic N) is 4. The second-order valence-corrected chi connectivity index (χ2v) is 12.5. The number of carbonyl (C=O) groups is 2. The van der Waals surface area contributed by atoms with Crippen LogP contribution >= 0.6 is 0 Å². The van der Waals surface area contributed by atoms with E-state index in [0.717, 1.165) is 61.7 Å². The third kappa shape index (κ3) is 6.84. The molecule has 0 unspecified atom stereocenters. The normalized spacial score (nSPS) is 14.3. The van der Waals surface area contributed by atoms with Gasteiger partial charge in [-0.1, -0.05) is 65.7 Å². The largest absolute Gasteiger partial charge is 0.368 e. The Bertz CT molecular complexity index is 1310. The van der Waals surface area contributed by atoms with Gasteiger partial charge in [-0.05, 0) is 49.7 Å². The molecule has 0 aliphatic carbocycles. The average Bonchev–Trinajstić information content (AvgIpc) is 3.33. The Kier molecular flexibility index (Phi) is 8.57. The summed E-state index contributed by atoms with van der Waals surface area (Å²) in [7, 11) is 0. The molecule has 8 nitrogen and oxygen atoms in total. The third-order valence-electron chi connectivity index (χ3n) is 7.51. The van der Waals surface area contributed by atoms with Crippen molar-refractivity contribution in [2.45, 2.75) is 66.7 Å². The molecule has 0 saturated carbocycles. The summed E-state index contributed by atoms with van der Waals surface area (Å²) in [5.41, 5.74) is 4.25. The highest BCUT2D eigenvalue weighted by molar-refractivity contribution is 5.99. The highest BCUT2D eigenvalue weighted by Crippen LogP contribution is 2.28. The van der Waals surface area contributed by atoms with E-state index in [4.69, 9.17) is 5.10 Å². The van der Waals surface area contributed by atoms with Crippen LogP contribution in [0.15, 0.2) is 54.6 Å². The van der Waals surface area contributed by atoms with Crippen LogP contribution in [0.3, 0.4) is 0 Å². The quantitative estimate of drug-likeness (QED) is 0.351. The van der Waals surface area contributed by atoms with Gasteiger partial charge in [0.1, 0.15) is 5.82 Å². The summed E-state index contributed by atoms with van der Waals surface area (Å²) in [5.74, 6) is 0.857. The first-order chi connectivity index (χ1) is 18.9. The van der Waals surface area contributed by atoms with Crippen LogP contribution < -0.4 is 15.5 Å². The van der Waals surface area contributed by atoms with Crippen molar-refractivity contribution < 1.29 is 9.59 Å². The average molecular weight is 545 g/mol. The molecule has 0 atom stereocenters. The van der Waals surface area contributed by atoms with Gasteiger partial charge in [0.25, 0.3) is 0 Å². The number of carbonyl (C=O) groups excluding carboxylic acids is 2. The van der Waals surface area contributed by atoms with Crippen LogP contribution in [0.5, 0.6) is 0 Å². The minimum absolute atomic E-state index is 0.164. The topological polar surface area (TPSA) is 82.5 Å². The van der Waals surface area contributed by atoms with Gasteiger partial charge in [0.2, 0.25) is 5.91 Å².